The van der Waals surface area contributed by atoms with E-state index in [1.807, 2.05) is 0 Å². The van der Waals surface area contributed by atoms with Crippen molar-refractivity contribution in [3.8, 4) is 0 Å². The predicted octanol–water partition coefficient (Wildman–Crippen LogP) is 2.34. The smallest absolute Gasteiger partial charge is 0.308 e. The zero-order valence-electron chi connectivity index (χ0n) is 12.4. The van der Waals surface area contributed by atoms with Gasteiger partial charge in [0.2, 0.25) is 5.91 Å². The second-order valence-corrected chi connectivity index (χ2v) is 5.56. The molecule has 2 N–H and O–H groups in total. The van der Waals surface area contributed by atoms with E-state index in [0.717, 1.165) is 44.9 Å². The molecule has 0 aromatic carbocycles. The lowest BCUT2D eigenvalue weighted by Crippen LogP contribution is -2.43. The van der Waals surface area contributed by atoms with E-state index in [-0.39, 0.29) is 11.9 Å². The maximum Gasteiger partial charge on any atom is 0.308 e. The van der Waals surface area contributed by atoms with Crippen LogP contribution in [0.4, 0.5) is 0 Å². The van der Waals surface area contributed by atoms with Gasteiger partial charge >= 0.3 is 5.97 Å². The van der Waals surface area contributed by atoms with Gasteiger partial charge < -0.3 is 15.2 Å². The minimum Gasteiger partial charge on any atom is -0.481 e. The summed E-state index contributed by atoms with van der Waals surface area (Å²) in [6.07, 6.45) is 7.71. The topological polar surface area (TPSA) is 75.6 Å². The van der Waals surface area contributed by atoms with E-state index in [2.05, 4.69) is 5.32 Å². The summed E-state index contributed by atoms with van der Waals surface area (Å²) >= 11 is 0. The number of rotatable bonds is 7. The molecule has 1 aliphatic carbocycles. The molecule has 2 unspecified atom stereocenters. The van der Waals surface area contributed by atoms with Gasteiger partial charge in [0.15, 0.2) is 0 Å². The number of methoxy groups -OCH3 is 1. The van der Waals surface area contributed by atoms with Crippen LogP contribution in [0.1, 0.15) is 57.8 Å². The van der Waals surface area contributed by atoms with E-state index in [4.69, 9.17) is 4.74 Å². The van der Waals surface area contributed by atoms with Crippen molar-refractivity contribution in [1.29, 1.82) is 0 Å². The van der Waals surface area contributed by atoms with Crippen LogP contribution < -0.4 is 5.32 Å². The minimum absolute atomic E-state index is 0.0297. The van der Waals surface area contributed by atoms with E-state index in [9.17, 15) is 14.7 Å². The van der Waals surface area contributed by atoms with E-state index in [1.165, 1.54) is 0 Å². The lowest BCUT2D eigenvalue weighted by Gasteiger charge is -2.27. The van der Waals surface area contributed by atoms with Crippen LogP contribution in [0.15, 0.2) is 0 Å². The Morgan fingerprint density at radius 3 is 2.50 bits per heavy atom. The minimum atomic E-state index is -0.781. The maximum absolute atomic E-state index is 11.9. The summed E-state index contributed by atoms with van der Waals surface area (Å²) in [6, 6.07) is -0.206. The van der Waals surface area contributed by atoms with Gasteiger partial charge in [-0.1, -0.05) is 25.7 Å². The molecule has 0 saturated heterocycles. The average molecular weight is 285 g/mol. The van der Waals surface area contributed by atoms with Crippen LogP contribution in [0.25, 0.3) is 0 Å². The number of carboxylic acids is 1. The molecule has 0 spiro atoms. The number of carbonyl (C=O) groups is 2. The summed E-state index contributed by atoms with van der Waals surface area (Å²) in [5.74, 6) is -1.24. The van der Waals surface area contributed by atoms with Crippen LogP contribution in [0.3, 0.4) is 0 Å². The molecule has 20 heavy (non-hydrogen) atoms. The molecule has 0 heterocycles. The lowest BCUT2D eigenvalue weighted by molar-refractivity contribution is -0.143. The van der Waals surface area contributed by atoms with E-state index in [0.29, 0.717) is 19.4 Å². The number of nitrogens with one attached hydrogen (secondary N) is 1. The molecular formula is C15H27NO4. The lowest BCUT2D eigenvalue weighted by atomic mass is 9.86. The van der Waals surface area contributed by atoms with E-state index < -0.39 is 11.9 Å². The summed E-state index contributed by atoms with van der Waals surface area (Å²) in [7, 11) is 1.64. The van der Waals surface area contributed by atoms with Gasteiger partial charge in [0.1, 0.15) is 0 Å². The van der Waals surface area contributed by atoms with Crippen LogP contribution >= 0.6 is 0 Å². The van der Waals surface area contributed by atoms with Crippen molar-refractivity contribution in [2.75, 3.05) is 13.7 Å². The monoisotopic (exact) mass is 285 g/mol. The molecule has 5 nitrogen and oxygen atoms in total. The molecule has 0 aromatic heterocycles. The van der Waals surface area contributed by atoms with Crippen molar-refractivity contribution in [2.45, 2.75) is 63.8 Å². The standard InChI is InChI=1S/C15H27NO4/c1-20-11-7-6-10-14(17)16-13-9-5-3-2-4-8-12(13)15(18)19/h12-13H,2-11H2,1H3,(H,16,17)(H,18,19). The molecule has 0 aromatic rings. The number of hydrogen-bond donors (Lipinski definition) is 2. The third-order valence-electron chi connectivity index (χ3n) is 3.93. The van der Waals surface area contributed by atoms with Gasteiger partial charge in [-0.3, -0.25) is 9.59 Å². The molecule has 5 heteroatoms. The Morgan fingerprint density at radius 1 is 1.15 bits per heavy atom. The Morgan fingerprint density at radius 2 is 1.85 bits per heavy atom. The molecule has 1 saturated carbocycles. The molecule has 1 aliphatic rings. The number of ether oxygens (including phenoxy) is 1. The fraction of sp³-hybridized carbons (Fsp3) is 0.867. The Kier molecular flexibility index (Phi) is 8.26. The van der Waals surface area contributed by atoms with Gasteiger partial charge in [-0.2, -0.15) is 0 Å². The normalized spacial score (nSPS) is 23.6. The molecular weight excluding hydrogens is 258 g/mol. The van der Waals surface area contributed by atoms with Gasteiger partial charge in [-0.25, -0.2) is 0 Å². The van der Waals surface area contributed by atoms with Crippen molar-refractivity contribution in [1.82, 2.24) is 5.32 Å². The number of carbonyl (C=O) groups excluding carboxylic acids is 1. The molecule has 1 rings (SSSR count). The fourth-order valence-electron chi connectivity index (χ4n) is 2.76. The summed E-state index contributed by atoms with van der Waals surface area (Å²) in [5, 5.41) is 12.3. The summed E-state index contributed by atoms with van der Waals surface area (Å²) in [6.45, 7) is 0.661. The highest BCUT2D eigenvalue weighted by atomic mass is 16.5. The predicted molar refractivity (Wildman–Crippen MR) is 76.5 cm³/mol. The van der Waals surface area contributed by atoms with Gasteiger partial charge in [0.25, 0.3) is 0 Å². The van der Waals surface area contributed by atoms with Crippen LogP contribution in [-0.2, 0) is 14.3 Å². The van der Waals surface area contributed by atoms with E-state index in [1.54, 1.807) is 7.11 Å². The van der Waals surface area contributed by atoms with Crippen LogP contribution in [0.2, 0.25) is 0 Å². The maximum atomic E-state index is 11.9. The highest BCUT2D eigenvalue weighted by Crippen LogP contribution is 2.23. The molecule has 116 valence electrons. The number of carboxylic acid groups (broad SMARTS) is 1. The fourth-order valence-corrected chi connectivity index (χ4v) is 2.76. The van der Waals surface area contributed by atoms with Crippen molar-refractivity contribution in [3.63, 3.8) is 0 Å². The highest BCUT2D eigenvalue weighted by Gasteiger charge is 2.29. The number of amides is 1. The molecule has 1 amide bonds. The molecule has 2 atom stereocenters. The second-order valence-electron chi connectivity index (χ2n) is 5.56. The molecule has 1 fully saturated rings. The largest absolute Gasteiger partial charge is 0.481 e. The molecule has 0 aliphatic heterocycles. The van der Waals surface area contributed by atoms with Gasteiger partial charge in [0.05, 0.1) is 5.92 Å². The first-order valence-electron chi connectivity index (χ1n) is 7.66. The Bertz CT molecular complexity index is 306. The van der Waals surface area contributed by atoms with Crippen molar-refractivity contribution >= 4 is 11.9 Å². The van der Waals surface area contributed by atoms with Crippen LogP contribution in [0, 0.1) is 5.92 Å². The average Bonchev–Trinajstić information content (AvgIpc) is 2.37. The quantitative estimate of drug-likeness (QED) is 0.704. The Hall–Kier alpha value is -1.10. The van der Waals surface area contributed by atoms with Gasteiger partial charge in [-0.15, -0.1) is 0 Å². The third-order valence-corrected chi connectivity index (χ3v) is 3.93. The first kappa shape index (κ1) is 17.0. The van der Waals surface area contributed by atoms with Gasteiger partial charge in [0, 0.05) is 26.2 Å². The van der Waals surface area contributed by atoms with E-state index >= 15 is 0 Å². The zero-order valence-corrected chi connectivity index (χ0v) is 12.4. The van der Waals surface area contributed by atoms with Crippen molar-refractivity contribution in [3.05, 3.63) is 0 Å². The first-order valence-corrected chi connectivity index (χ1v) is 7.66. The summed E-state index contributed by atoms with van der Waals surface area (Å²) < 4.78 is 4.94. The molecule has 0 radical (unpaired) electrons. The highest BCUT2D eigenvalue weighted by molar-refractivity contribution is 5.78. The molecule has 0 bridgehead atoms. The third kappa shape index (κ3) is 6.37. The van der Waals surface area contributed by atoms with Crippen LogP contribution in [-0.4, -0.2) is 36.7 Å². The Balaban J connectivity index is 2.42. The summed E-state index contributed by atoms with van der Waals surface area (Å²) in [5.41, 5.74) is 0. The number of aliphatic carboxylic acids is 1. The number of hydrogen-bond acceptors (Lipinski definition) is 3. The SMILES string of the molecule is COCCCCC(=O)NC1CCCCCCC1C(=O)O. The summed E-state index contributed by atoms with van der Waals surface area (Å²) in [4.78, 5) is 23.2. The van der Waals surface area contributed by atoms with Crippen molar-refractivity contribution in [2.24, 2.45) is 5.92 Å². The van der Waals surface area contributed by atoms with Crippen LogP contribution in [0.5, 0.6) is 0 Å². The van der Waals surface area contributed by atoms with Crippen molar-refractivity contribution < 1.29 is 19.4 Å². The first-order chi connectivity index (χ1) is 9.65. The van der Waals surface area contributed by atoms with Gasteiger partial charge in [-0.05, 0) is 25.7 Å². The Labute approximate surface area is 121 Å². The second kappa shape index (κ2) is 9.75. The zero-order chi connectivity index (χ0) is 14.8. The number of unbranched alkanes of at least 4 members (excludes halogenated alkanes) is 1.